The molecule has 0 bridgehead atoms. The molecule has 0 N–H and O–H groups in total. The second-order valence-electron chi connectivity index (χ2n) is 10.2. The SMILES string of the molecule is COC(=O)/C(=C/c1ccccc1)CC1=C(C)[C@]2(OC1)C(=O)N(c1ccc(OC)cc1)[C@H]2[C@H]1COC(C)(C)O1. The summed E-state index contributed by atoms with van der Waals surface area (Å²) in [5, 5.41) is 0. The van der Waals surface area contributed by atoms with Crippen molar-refractivity contribution < 1.29 is 33.3 Å². The van der Waals surface area contributed by atoms with Crippen molar-refractivity contribution >= 4 is 23.6 Å². The monoisotopic (exact) mass is 519 g/mol. The number of β-lactam (4-membered cyclic amide) rings is 1. The molecule has 3 heterocycles. The largest absolute Gasteiger partial charge is 0.497 e. The first-order valence-electron chi connectivity index (χ1n) is 12.7. The van der Waals surface area contributed by atoms with Gasteiger partial charge in [-0.05, 0) is 67.8 Å². The van der Waals surface area contributed by atoms with E-state index in [1.165, 1.54) is 7.11 Å². The Hall–Kier alpha value is -3.46. The van der Waals surface area contributed by atoms with Gasteiger partial charge in [-0.2, -0.15) is 0 Å². The highest BCUT2D eigenvalue weighted by Crippen LogP contribution is 2.51. The van der Waals surface area contributed by atoms with Crippen LogP contribution in [0, 0.1) is 0 Å². The number of esters is 1. The molecule has 1 amide bonds. The van der Waals surface area contributed by atoms with Gasteiger partial charge in [0.05, 0.1) is 27.4 Å². The summed E-state index contributed by atoms with van der Waals surface area (Å²) in [7, 11) is 2.97. The van der Waals surface area contributed by atoms with Crippen molar-refractivity contribution in [1.82, 2.24) is 0 Å². The molecular formula is C30H33NO7. The number of amides is 1. The standard InChI is InChI=1S/C30H33NO7/c1-19-22(16-21(27(32)35-5)15-20-9-7-6-8-10-20)17-37-30(19)26(25-18-36-29(2,3)38-25)31(28(30)33)23-11-13-24(34-4)14-12-23/h6-15,25-26H,16-18H2,1-5H3/b21-15+/t25-,26+,30-/m1/s1. The molecule has 5 rings (SSSR count). The van der Waals surface area contributed by atoms with Crippen molar-refractivity contribution in [2.24, 2.45) is 0 Å². The molecule has 3 aliphatic rings. The molecule has 0 radical (unpaired) electrons. The fourth-order valence-electron chi connectivity index (χ4n) is 5.55. The van der Waals surface area contributed by atoms with Gasteiger partial charge in [0.1, 0.15) is 17.9 Å². The van der Waals surface area contributed by atoms with Crippen LogP contribution >= 0.6 is 0 Å². The van der Waals surface area contributed by atoms with E-state index in [2.05, 4.69) is 0 Å². The van der Waals surface area contributed by atoms with E-state index in [4.69, 9.17) is 23.7 Å². The fourth-order valence-corrected chi connectivity index (χ4v) is 5.55. The highest BCUT2D eigenvalue weighted by atomic mass is 16.7. The lowest BCUT2D eigenvalue weighted by Gasteiger charge is -2.55. The maximum absolute atomic E-state index is 13.9. The van der Waals surface area contributed by atoms with Gasteiger partial charge in [0.25, 0.3) is 5.91 Å². The van der Waals surface area contributed by atoms with Gasteiger partial charge in [-0.1, -0.05) is 30.3 Å². The quantitative estimate of drug-likeness (QED) is 0.234. The third-order valence-corrected chi connectivity index (χ3v) is 7.52. The van der Waals surface area contributed by atoms with E-state index in [1.54, 1.807) is 12.0 Å². The number of rotatable bonds is 7. The number of methoxy groups -OCH3 is 2. The fraction of sp³-hybridized carbons (Fsp3) is 0.400. The lowest BCUT2D eigenvalue weighted by molar-refractivity contribution is -0.172. The zero-order valence-corrected chi connectivity index (χ0v) is 22.4. The number of ether oxygens (including phenoxy) is 5. The Morgan fingerprint density at radius 1 is 1.08 bits per heavy atom. The van der Waals surface area contributed by atoms with Crippen molar-refractivity contribution in [2.45, 2.75) is 50.7 Å². The maximum Gasteiger partial charge on any atom is 0.334 e. The Morgan fingerprint density at radius 3 is 2.39 bits per heavy atom. The van der Waals surface area contributed by atoms with Gasteiger partial charge in [0, 0.05) is 17.7 Å². The van der Waals surface area contributed by atoms with Crippen molar-refractivity contribution in [3.63, 3.8) is 0 Å². The Labute approximate surface area is 222 Å². The molecule has 8 nitrogen and oxygen atoms in total. The van der Waals surface area contributed by atoms with Crippen molar-refractivity contribution in [3.8, 4) is 5.75 Å². The summed E-state index contributed by atoms with van der Waals surface area (Å²) in [5.41, 5.74) is 2.59. The molecule has 8 heteroatoms. The molecule has 1 spiro atoms. The van der Waals surface area contributed by atoms with E-state index in [-0.39, 0.29) is 12.5 Å². The molecule has 2 aromatic carbocycles. The minimum atomic E-state index is -1.20. The predicted molar refractivity (Wildman–Crippen MR) is 142 cm³/mol. The molecule has 2 aromatic rings. The van der Waals surface area contributed by atoms with E-state index >= 15 is 0 Å². The van der Waals surface area contributed by atoms with Crippen molar-refractivity contribution in [1.29, 1.82) is 0 Å². The van der Waals surface area contributed by atoms with Crippen LogP contribution in [0.3, 0.4) is 0 Å². The highest BCUT2D eigenvalue weighted by Gasteiger charge is 2.69. The van der Waals surface area contributed by atoms with Gasteiger partial charge in [0.15, 0.2) is 11.4 Å². The predicted octanol–water partition coefficient (Wildman–Crippen LogP) is 4.29. The maximum atomic E-state index is 13.9. The first kappa shape index (κ1) is 26.2. The van der Waals surface area contributed by atoms with Gasteiger partial charge in [0.2, 0.25) is 0 Å². The molecule has 0 saturated carbocycles. The number of carbonyl (C=O) groups is 2. The first-order chi connectivity index (χ1) is 18.2. The summed E-state index contributed by atoms with van der Waals surface area (Å²) in [6.07, 6.45) is 1.72. The summed E-state index contributed by atoms with van der Waals surface area (Å²) in [5.74, 6) is -0.655. The van der Waals surface area contributed by atoms with Crippen LogP contribution in [0.25, 0.3) is 6.08 Å². The van der Waals surface area contributed by atoms with Crippen LogP contribution in [0.2, 0.25) is 0 Å². The van der Waals surface area contributed by atoms with Gasteiger partial charge < -0.3 is 23.7 Å². The van der Waals surface area contributed by atoms with E-state index < -0.39 is 29.5 Å². The summed E-state index contributed by atoms with van der Waals surface area (Å²) in [4.78, 5) is 28.3. The van der Waals surface area contributed by atoms with E-state index in [0.29, 0.717) is 24.4 Å². The molecule has 3 atom stereocenters. The van der Waals surface area contributed by atoms with Crippen LogP contribution in [-0.4, -0.2) is 62.8 Å². The van der Waals surface area contributed by atoms with Crippen LogP contribution in [0.5, 0.6) is 5.75 Å². The van der Waals surface area contributed by atoms with Crippen LogP contribution in [-0.2, 0) is 28.5 Å². The Bertz CT molecular complexity index is 1280. The summed E-state index contributed by atoms with van der Waals surface area (Å²) in [6, 6.07) is 16.5. The Balaban J connectivity index is 1.51. The normalized spacial score (nSPS) is 26.6. The number of anilines is 1. The van der Waals surface area contributed by atoms with Crippen LogP contribution < -0.4 is 9.64 Å². The lowest BCUT2D eigenvalue weighted by Crippen LogP contribution is -2.78. The van der Waals surface area contributed by atoms with Crippen LogP contribution in [0.1, 0.15) is 32.8 Å². The third kappa shape index (κ3) is 4.42. The smallest absolute Gasteiger partial charge is 0.334 e. The van der Waals surface area contributed by atoms with E-state index in [0.717, 1.165) is 22.4 Å². The molecule has 0 unspecified atom stereocenters. The number of nitrogens with zero attached hydrogens (tertiary/aromatic N) is 1. The average molecular weight is 520 g/mol. The topological polar surface area (TPSA) is 83.5 Å². The zero-order chi connectivity index (χ0) is 27.1. The lowest BCUT2D eigenvalue weighted by atomic mass is 9.73. The highest BCUT2D eigenvalue weighted by molar-refractivity contribution is 6.11. The minimum absolute atomic E-state index is 0.167. The molecule has 3 aliphatic heterocycles. The number of benzene rings is 2. The molecule has 200 valence electrons. The zero-order valence-electron chi connectivity index (χ0n) is 22.4. The van der Waals surface area contributed by atoms with Crippen molar-refractivity contribution in [2.75, 3.05) is 32.3 Å². The molecule has 0 aromatic heterocycles. The number of hydrogen-bond acceptors (Lipinski definition) is 7. The number of carbonyl (C=O) groups excluding carboxylic acids is 2. The molecule has 38 heavy (non-hydrogen) atoms. The molecule has 0 aliphatic carbocycles. The summed E-state index contributed by atoms with van der Waals surface area (Å²) >= 11 is 0. The molecular weight excluding hydrogens is 486 g/mol. The first-order valence-corrected chi connectivity index (χ1v) is 12.7. The van der Waals surface area contributed by atoms with Gasteiger partial charge >= 0.3 is 5.97 Å². The van der Waals surface area contributed by atoms with Crippen LogP contribution in [0.4, 0.5) is 5.69 Å². The number of hydrogen-bond donors (Lipinski definition) is 0. The van der Waals surface area contributed by atoms with Gasteiger partial charge in [-0.15, -0.1) is 0 Å². The van der Waals surface area contributed by atoms with Gasteiger partial charge in [-0.3, -0.25) is 9.69 Å². The van der Waals surface area contributed by atoms with E-state index in [9.17, 15) is 9.59 Å². The molecule has 2 fully saturated rings. The third-order valence-electron chi connectivity index (χ3n) is 7.52. The van der Waals surface area contributed by atoms with Crippen molar-refractivity contribution in [3.05, 3.63) is 76.9 Å². The minimum Gasteiger partial charge on any atom is -0.497 e. The Morgan fingerprint density at radius 2 is 1.79 bits per heavy atom. The molecule has 2 saturated heterocycles. The average Bonchev–Trinajstić information content (AvgIpc) is 3.46. The van der Waals surface area contributed by atoms with Crippen LogP contribution in [0.15, 0.2) is 71.3 Å². The second kappa shape index (κ2) is 10.0. The Kier molecular flexibility index (Phi) is 6.90. The van der Waals surface area contributed by atoms with E-state index in [1.807, 2.05) is 81.4 Å². The van der Waals surface area contributed by atoms with Gasteiger partial charge in [-0.25, -0.2) is 4.79 Å². The summed E-state index contributed by atoms with van der Waals surface area (Å²) in [6.45, 7) is 6.19. The summed E-state index contributed by atoms with van der Waals surface area (Å²) < 4.78 is 28.9. The second-order valence-corrected chi connectivity index (χ2v) is 10.2.